The largest absolute Gasteiger partial charge is 0.372 e. The minimum Gasteiger partial charge on any atom is -0.372 e. The summed E-state index contributed by atoms with van der Waals surface area (Å²) in [5, 5.41) is 3.68. The van der Waals surface area contributed by atoms with Gasteiger partial charge in [0.1, 0.15) is 0 Å². The third kappa shape index (κ3) is 2.73. The molecule has 1 N–H and O–H groups in total. The van der Waals surface area contributed by atoms with Gasteiger partial charge >= 0.3 is 0 Å². The van der Waals surface area contributed by atoms with Gasteiger partial charge < -0.3 is 10.1 Å². The molecule has 0 saturated heterocycles. The summed E-state index contributed by atoms with van der Waals surface area (Å²) in [6, 6.07) is 0. The molecule has 0 unspecified atom stereocenters. The summed E-state index contributed by atoms with van der Waals surface area (Å²) in [5.74, 6) is 0. The lowest BCUT2D eigenvalue weighted by Gasteiger charge is -2.29. The van der Waals surface area contributed by atoms with Crippen LogP contribution >= 0.6 is 11.3 Å². The zero-order valence-corrected chi connectivity index (χ0v) is 10.1. The minimum absolute atomic E-state index is 0.00465. The molecule has 0 aliphatic carbocycles. The van der Waals surface area contributed by atoms with E-state index in [1.165, 1.54) is 16.0 Å². The van der Waals surface area contributed by atoms with Gasteiger partial charge in [-0.3, -0.25) is 0 Å². The molecule has 2 heterocycles. The van der Waals surface area contributed by atoms with E-state index < -0.39 is 5.24 Å². The van der Waals surface area contributed by atoms with Crippen LogP contribution in [-0.4, -0.2) is 41.9 Å². The van der Waals surface area contributed by atoms with Gasteiger partial charge in [0, 0.05) is 17.8 Å². The van der Waals surface area contributed by atoms with E-state index in [1.807, 2.05) is 0 Å². The predicted octanol–water partition coefficient (Wildman–Crippen LogP) is 0.377. The Morgan fingerprint density at radius 2 is 2.31 bits per heavy atom. The van der Waals surface area contributed by atoms with Crippen LogP contribution in [0.15, 0.2) is 5.38 Å². The first-order valence-electron chi connectivity index (χ1n) is 5.27. The molecule has 1 aromatic heterocycles. The van der Waals surface area contributed by atoms with E-state index in [1.54, 1.807) is 11.3 Å². The topological polar surface area (TPSA) is 21.3 Å². The first-order chi connectivity index (χ1) is 7.47. The molecule has 1 atom stereocenters. The number of nitrogens with one attached hydrogen (secondary N) is 1. The zero-order valence-electron chi connectivity index (χ0n) is 9.32. The number of fused-ring (bicyclic) bond motifs is 1. The molecule has 0 spiro atoms. The second-order valence-electron chi connectivity index (χ2n) is 4.18. The van der Waals surface area contributed by atoms with Crippen LogP contribution in [0, 0.1) is 6.92 Å². The van der Waals surface area contributed by atoms with Gasteiger partial charge in [0.25, 0.3) is 0 Å². The maximum absolute atomic E-state index is 5.72. The average molecular weight is 227 g/mol. The Balaban J connectivity index is 2.10. The molecule has 78 valence electrons. The highest BCUT2D eigenvalue weighted by Gasteiger charge is 2.25. The van der Waals surface area contributed by atoms with Crippen molar-refractivity contribution in [1.82, 2.24) is 5.32 Å². The van der Waals surface area contributed by atoms with Crippen LogP contribution in [0.5, 0.6) is 0 Å². The quantitative estimate of drug-likeness (QED) is 0.753. The molecular weight excluding hydrogens is 215 g/mol. The van der Waals surface area contributed by atoms with Crippen LogP contribution in [0.3, 0.4) is 0 Å². The second-order valence-corrected chi connectivity index (χ2v) is 5.14. The number of rotatable bonds is 3. The Labute approximate surface area is 104 Å². The van der Waals surface area contributed by atoms with Crippen molar-refractivity contribution in [2.45, 2.75) is 24.7 Å². The normalized spacial score (nSPS) is 20.7. The van der Waals surface area contributed by atoms with Crippen molar-refractivity contribution < 1.29 is 4.74 Å². The van der Waals surface area contributed by atoms with Crippen molar-refractivity contribution in [2.75, 3.05) is 13.2 Å². The Hall–Kier alpha value is -0.185. The van der Waals surface area contributed by atoms with Crippen molar-refractivity contribution in [2.24, 2.45) is 0 Å². The Kier molecular flexibility index (Phi) is 3.52. The summed E-state index contributed by atoms with van der Waals surface area (Å²) in [5.41, 5.74) is 2.54. The van der Waals surface area contributed by atoms with Crippen molar-refractivity contribution in [3.63, 3.8) is 0 Å². The zero-order chi connectivity index (χ0) is 11.8. The summed E-state index contributed by atoms with van der Waals surface area (Å²) in [7, 11) is 16.4. The molecular formula is C10H12B3NOS. The van der Waals surface area contributed by atoms with Gasteiger partial charge in [-0.05, 0) is 23.4 Å². The molecule has 0 bridgehead atoms. The molecule has 0 aromatic carbocycles. The molecule has 0 amide bonds. The van der Waals surface area contributed by atoms with E-state index in [0.717, 1.165) is 13.0 Å². The molecule has 1 aromatic rings. The summed E-state index contributed by atoms with van der Waals surface area (Å²) in [4.78, 5) is 1.40. The van der Waals surface area contributed by atoms with Gasteiger partial charge in [-0.25, -0.2) is 0 Å². The highest BCUT2D eigenvalue weighted by atomic mass is 32.1. The number of hydrogen-bond acceptors (Lipinski definition) is 3. The van der Waals surface area contributed by atoms with Gasteiger partial charge in [-0.1, -0.05) is 5.24 Å². The van der Waals surface area contributed by atoms with Crippen LogP contribution in [0.4, 0.5) is 0 Å². The van der Waals surface area contributed by atoms with Gasteiger partial charge in [-0.2, -0.15) is 0 Å². The van der Waals surface area contributed by atoms with Crippen LogP contribution in [0.25, 0.3) is 0 Å². The molecule has 0 fully saturated rings. The highest BCUT2D eigenvalue weighted by molar-refractivity contribution is 7.10. The summed E-state index contributed by atoms with van der Waals surface area (Å²) in [6.45, 7) is 3.37. The van der Waals surface area contributed by atoms with E-state index in [4.69, 9.17) is 28.3 Å². The number of aryl methyl sites for hydroxylation is 1. The Morgan fingerprint density at radius 3 is 3.00 bits per heavy atom. The summed E-state index contributed by atoms with van der Waals surface area (Å²) in [6.07, 6.45) is 0.994. The maximum atomic E-state index is 5.72. The minimum atomic E-state index is -1.34. The van der Waals surface area contributed by atoms with E-state index in [2.05, 4.69) is 17.6 Å². The fraction of sp³-hybridized carbons (Fsp3) is 0.600. The molecule has 0 saturated carbocycles. The first kappa shape index (κ1) is 12.3. The molecule has 1 aliphatic rings. The van der Waals surface area contributed by atoms with Crippen molar-refractivity contribution in [1.29, 1.82) is 0 Å². The SMILES string of the molecule is [B]C([B])([B])NC[C@@H]1OCCc2scc(C)c21. The molecule has 6 heteroatoms. The third-order valence-corrected chi connectivity index (χ3v) is 3.85. The summed E-state index contributed by atoms with van der Waals surface area (Å²) < 4.78 is 5.72. The lowest BCUT2D eigenvalue weighted by molar-refractivity contribution is 0.0433. The van der Waals surface area contributed by atoms with E-state index in [9.17, 15) is 0 Å². The lowest BCUT2D eigenvalue weighted by atomic mass is 9.49. The molecule has 2 rings (SSSR count). The number of hydrogen-bond donors (Lipinski definition) is 1. The van der Waals surface area contributed by atoms with Gasteiger partial charge in [0.2, 0.25) is 0 Å². The van der Waals surface area contributed by atoms with Crippen LogP contribution < -0.4 is 5.32 Å². The smallest absolute Gasteiger partial charge is 0.0962 e. The Bertz CT molecular complexity index is 375. The van der Waals surface area contributed by atoms with Gasteiger partial charge in [0.05, 0.1) is 36.2 Å². The third-order valence-electron chi connectivity index (χ3n) is 2.67. The van der Waals surface area contributed by atoms with Crippen molar-refractivity contribution in [3.8, 4) is 0 Å². The monoisotopic (exact) mass is 227 g/mol. The molecule has 1 aliphatic heterocycles. The molecule has 2 nitrogen and oxygen atoms in total. The first-order valence-corrected chi connectivity index (χ1v) is 6.15. The van der Waals surface area contributed by atoms with Gasteiger partial charge in [0.15, 0.2) is 0 Å². The molecule has 16 heavy (non-hydrogen) atoms. The fourth-order valence-corrected chi connectivity index (χ4v) is 3.01. The van der Waals surface area contributed by atoms with E-state index in [0.29, 0.717) is 6.54 Å². The van der Waals surface area contributed by atoms with E-state index in [-0.39, 0.29) is 6.10 Å². The van der Waals surface area contributed by atoms with Crippen LogP contribution in [-0.2, 0) is 11.2 Å². The fourth-order valence-electron chi connectivity index (χ4n) is 1.94. The maximum Gasteiger partial charge on any atom is 0.0962 e. The number of thiophene rings is 1. The summed E-state index contributed by atoms with van der Waals surface area (Å²) >= 11 is 1.79. The standard InChI is InChI=1S/C10H12B3NOS/c1-6-5-16-8-2-3-15-7(9(6)8)4-14-10(11,12)13/h5,7,14H,2-4H2,1H3/t7-/m0/s1. The van der Waals surface area contributed by atoms with Gasteiger partial charge in [-0.15, -0.1) is 11.3 Å². The van der Waals surface area contributed by atoms with Crippen molar-refractivity contribution >= 4 is 34.9 Å². The lowest BCUT2D eigenvalue weighted by Crippen LogP contribution is -2.49. The van der Waals surface area contributed by atoms with Crippen LogP contribution in [0.1, 0.15) is 22.1 Å². The highest BCUT2D eigenvalue weighted by Crippen LogP contribution is 2.34. The van der Waals surface area contributed by atoms with Crippen LogP contribution in [0.2, 0.25) is 0 Å². The predicted molar refractivity (Wildman–Crippen MR) is 69.4 cm³/mol. The van der Waals surface area contributed by atoms with E-state index >= 15 is 0 Å². The average Bonchev–Trinajstić information content (AvgIpc) is 2.57. The van der Waals surface area contributed by atoms with Crippen molar-refractivity contribution in [3.05, 3.63) is 21.4 Å². The second kappa shape index (κ2) is 4.59. The number of ether oxygens (including phenoxy) is 1. The Morgan fingerprint density at radius 1 is 1.56 bits per heavy atom. The molecule has 6 radical (unpaired) electrons.